The van der Waals surface area contributed by atoms with Gasteiger partial charge < -0.3 is 23.8 Å². The second-order valence-electron chi connectivity index (χ2n) is 12.7. The molecule has 4 aliphatic carbocycles. The standard InChI is InChI=1S/C32H35NO5/c1-18-30-23(10-25-24-12-28-27(36-17-37-28)11-22(24)5-6-33(18)25)3-4-26(35-2)31(30)38-29(34)16-32-13-19-7-20(14-32)9-21(8-19)15-32/h3-4,10-12,18-21H,5-9,13-17H2,1-2H3. The Balaban J connectivity index is 1.14. The number of methoxy groups -OCH3 is 1. The molecule has 7 aliphatic rings. The summed E-state index contributed by atoms with van der Waals surface area (Å²) < 4.78 is 23.4. The number of esters is 1. The van der Waals surface area contributed by atoms with Gasteiger partial charge in [0, 0.05) is 23.4 Å². The Hall–Kier alpha value is -3.15. The Morgan fingerprint density at radius 2 is 1.76 bits per heavy atom. The molecule has 2 aromatic carbocycles. The van der Waals surface area contributed by atoms with Crippen molar-refractivity contribution in [2.75, 3.05) is 20.4 Å². The average Bonchev–Trinajstić information content (AvgIpc) is 3.34. The van der Waals surface area contributed by atoms with E-state index in [0.717, 1.165) is 53.3 Å². The molecule has 38 heavy (non-hydrogen) atoms. The Labute approximate surface area is 223 Å². The number of nitrogens with zero attached hydrogens (tertiary/aromatic N) is 1. The summed E-state index contributed by atoms with van der Waals surface area (Å²) in [5.41, 5.74) is 5.91. The molecule has 2 aromatic rings. The first-order valence-electron chi connectivity index (χ1n) is 14.3. The first kappa shape index (κ1) is 22.8. The van der Waals surface area contributed by atoms with Crippen molar-refractivity contribution < 1.29 is 23.7 Å². The van der Waals surface area contributed by atoms with Gasteiger partial charge in [0.25, 0.3) is 0 Å². The molecule has 6 heteroatoms. The quantitative estimate of drug-likeness (QED) is 0.350. The van der Waals surface area contributed by atoms with Crippen LogP contribution in [0, 0.1) is 23.2 Å². The summed E-state index contributed by atoms with van der Waals surface area (Å²) in [4.78, 5) is 16.0. The molecular formula is C32H35NO5. The highest BCUT2D eigenvalue weighted by Gasteiger charge is 2.52. The minimum atomic E-state index is -0.0997. The van der Waals surface area contributed by atoms with E-state index in [1.807, 2.05) is 6.07 Å². The number of carbonyl (C=O) groups excluding carboxylic acids is 1. The minimum Gasteiger partial charge on any atom is -0.493 e. The molecular weight excluding hydrogens is 478 g/mol. The first-order chi connectivity index (χ1) is 18.5. The third kappa shape index (κ3) is 3.41. The predicted molar refractivity (Wildman–Crippen MR) is 143 cm³/mol. The van der Waals surface area contributed by atoms with Crippen molar-refractivity contribution in [1.29, 1.82) is 0 Å². The molecule has 1 atom stereocenters. The molecule has 4 bridgehead atoms. The van der Waals surface area contributed by atoms with Crippen molar-refractivity contribution in [3.05, 3.63) is 46.5 Å². The Kier molecular flexibility index (Phi) is 4.90. The molecule has 4 fully saturated rings. The molecule has 4 saturated carbocycles. The highest BCUT2D eigenvalue weighted by atomic mass is 16.7. The first-order valence-corrected chi connectivity index (χ1v) is 14.3. The lowest BCUT2D eigenvalue weighted by molar-refractivity contribution is -0.143. The van der Waals surface area contributed by atoms with E-state index in [2.05, 4.69) is 36.1 Å². The van der Waals surface area contributed by atoms with E-state index < -0.39 is 0 Å². The zero-order valence-electron chi connectivity index (χ0n) is 22.3. The summed E-state index contributed by atoms with van der Waals surface area (Å²) in [6.45, 7) is 3.37. The summed E-state index contributed by atoms with van der Waals surface area (Å²) in [5.74, 6) is 5.22. The molecule has 0 radical (unpaired) electrons. The fourth-order valence-corrected chi connectivity index (χ4v) is 9.19. The van der Waals surface area contributed by atoms with Gasteiger partial charge in [-0.2, -0.15) is 0 Å². The van der Waals surface area contributed by atoms with Crippen LogP contribution in [0.15, 0.2) is 24.3 Å². The van der Waals surface area contributed by atoms with Gasteiger partial charge in [0.1, 0.15) is 0 Å². The van der Waals surface area contributed by atoms with E-state index in [1.54, 1.807) is 7.11 Å². The van der Waals surface area contributed by atoms with Crippen LogP contribution in [0.25, 0.3) is 11.8 Å². The fourth-order valence-electron chi connectivity index (χ4n) is 9.19. The van der Waals surface area contributed by atoms with Crippen LogP contribution in [0.1, 0.15) is 80.2 Å². The van der Waals surface area contributed by atoms with Crippen LogP contribution in [0.4, 0.5) is 0 Å². The Bertz CT molecular complexity index is 1340. The minimum absolute atomic E-state index is 0.0426. The molecule has 0 N–H and O–H groups in total. The normalized spacial score (nSPS) is 31.3. The van der Waals surface area contributed by atoms with Gasteiger partial charge in [0.2, 0.25) is 6.79 Å². The van der Waals surface area contributed by atoms with Gasteiger partial charge in [-0.1, -0.05) is 6.07 Å². The number of hydrogen-bond donors (Lipinski definition) is 0. The molecule has 3 heterocycles. The van der Waals surface area contributed by atoms with Gasteiger partial charge in [-0.25, -0.2) is 0 Å². The van der Waals surface area contributed by atoms with Crippen molar-refractivity contribution in [2.45, 2.75) is 64.3 Å². The van der Waals surface area contributed by atoms with Crippen molar-refractivity contribution >= 4 is 17.7 Å². The topological polar surface area (TPSA) is 57.2 Å². The van der Waals surface area contributed by atoms with E-state index in [9.17, 15) is 4.79 Å². The number of benzene rings is 2. The van der Waals surface area contributed by atoms with Crippen LogP contribution >= 0.6 is 0 Å². The number of carbonyl (C=O) groups is 1. The summed E-state index contributed by atoms with van der Waals surface area (Å²) in [5, 5.41) is 0. The second-order valence-corrected chi connectivity index (χ2v) is 12.7. The monoisotopic (exact) mass is 513 g/mol. The molecule has 9 rings (SSSR count). The maximum atomic E-state index is 13.6. The van der Waals surface area contributed by atoms with E-state index in [4.69, 9.17) is 18.9 Å². The Morgan fingerprint density at radius 3 is 2.47 bits per heavy atom. The number of fused-ring (bicyclic) bond motifs is 5. The fraction of sp³-hybridized carbons (Fsp3) is 0.531. The molecule has 0 spiro atoms. The van der Waals surface area contributed by atoms with Gasteiger partial charge in [0.05, 0.1) is 19.6 Å². The van der Waals surface area contributed by atoms with Crippen molar-refractivity contribution in [1.82, 2.24) is 4.90 Å². The summed E-state index contributed by atoms with van der Waals surface area (Å²) in [6.07, 6.45) is 11.4. The Morgan fingerprint density at radius 1 is 1.05 bits per heavy atom. The SMILES string of the molecule is COc1ccc2c(c1OC(=O)CC13CC4CC(CC(C4)C1)C3)C(C)N1CCc3cc4c(cc3C1=C2)OCO4. The molecule has 0 aromatic heterocycles. The summed E-state index contributed by atoms with van der Waals surface area (Å²) >= 11 is 0. The lowest BCUT2D eigenvalue weighted by Crippen LogP contribution is -2.47. The predicted octanol–water partition coefficient (Wildman–Crippen LogP) is 6.37. The largest absolute Gasteiger partial charge is 0.493 e. The molecule has 0 amide bonds. The van der Waals surface area contributed by atoms with Crippen LogP contribution in [0.2, 0.25) is 0 Å². The van der Waals surface area contributed by atoms with Gasteiger partial charge in [-0.05, 0) is 110 Å². The third-order valence-corrected chi connectivity index (χ3v) is 10.3. The molecule has 1 unspecified atom stereocenters. The van der Waals surface area contributed by atoms with Gasteiger partial charge in [0.15, 0.2) is 23.0 Å². The number of rotatable bonds is 4. The van der Waals surface area contributed by atoms with Gasteiger partial charge in [-0.15, -0.1) is 0 Å². The van der Waals surface area contributed by atoms with E-state index in [-0.39, 0.29) is 24.2 Å². The molecule has 6 nitrogen and oxygen atoms in total. The molecule has 0 saturated heterocycles. The zero-order valence-corrected chi connectivity index (χ0v) is 22.3. The van der Waals surface area contributed by atoms with Gasteiger partial charge in [-0.3, -0.25) is 4.79 Å². The van der Waals surface area contributed by atoms with Crippen molar-refractivity contribution in [3.63, 3.8) is 0 Å². The van der Waals surface area contributed by atoms with Crippen LogP contribution in [-0.4, -0.2) is 31.3 Å². The van der Waals surface area contributed by atoms with E-state index in [1.165, 1.54) is 55.3 Å². The highest BCUT2D eigenvalue weighted by molar-refractivity contribution is 5.88. The second kappa shape index (κ2) is 8.17. The summed E-state index contributed by atoms with van der Waals surface area (Å²) in [6, 6.07) is 8.31. The highest BCUT2D eigenvalue weighted by Crippen LogP contribution is 2.61. The van der Waals surface area contributed by atoms with Crippen molar-refractivity contribution in [2.24, 2.45) is 23.2 Å². The summed E-state index contributed by atoms with van der Waals surface area (Å²) in [7, 11) is 1.66. The van der Waals surface area contributed by atoms with Crippen LogP contribution in [0.3, 0.4) is 0 Å². The van der Waals surface area contributed by atoms with Crippen LogP contribution in [-0.2, 0) is 11.2 Å². The number of hydrogen-bond acceptors (Lipinski definition) is 6. The van der Waals surface area contributed by atoms with Crippen LogP contribution in [0.5, 0.6) is 23.0 Å². The number of ether oxygens (including phenoxy) is 4. The smallest absolute Gasteiger partial charge is 0.311 e. The zero-order chi connectivity index (χ0) is 25.6. The van der Waals surface area contributed by atoms with E-state index >= 15 is 0 Å². The van der Waals surface area contributed by atoms with Gasteiger partial charge >= 0.3 is 5.97 Å². The lowest BCUT2D eigenvalue weighted by atomic mass is 9.49. The average molecular weight is 514 g/mol. The van der Waals surface area contributed by atoms with Crippen LogP contribution < -0.4 is 18.9 Å². The maximum Gasteiger partial charge on any atom is 0.311 e. The van der Waals surface area contributed by atoms with Crippen molar-refractivity contribution in [3.8, 4) is 23.0 Å². The van der Waals surface area contributed by atoms with E-state index in [0.29, 0.717) is 17.9 Å². The lowest BCUT2D eigenvalue weighted by Gasteiger charge is -2.56. The molecule has 198 valence electrons. The molecule has 3 aliphatic heterocycles. The maximum absolute atomic E-state index is 13.6. The third-order valence-electron chi connectivity index (χ3n) is 10.3.